The number of methoxy groups -OCH3 is 1. The number of hydrogen-bond acceptors (Lipinski definition) is 6. The molecular formula is C19H17N3O4. The van der Waals surface area contributed by atoms with Crippen molar-refractivity contribution < 1.29 is 19.4 Å². The minimum absolute atomic E-state index is 0.0499. The molecule has 1 heterocycles. The van der Waals surface area contributed by atoms with Crippen LogP contribution < -0.4 is 14.9 Å². The van der Waals surface area contributed by atoms with Crippen molar-refractivity contribution in [3.63, 3.8) is 0 Å². The van der Waals surface area contributed by atoms with E-state index < -0.39 is 5.91 Å². The van der Waals surface area contributed by atoms with Gasteiger partial charge in [0.05, 0.1) is 13.3 Å². The van der Waals surface area contributed by atoms with Gasteiger partial charge in [0.1, 0.15) is 11.3 Å². The van der Waals surface area contributed by atoms with Crippen LogP contribution in [0.2, 0.25) is 0 Å². The molecule has 0 aliphatic rings. The quantitative estimate of drug-likeness (QED) is 0.526. The summed E-state index contributed by atoms with van der Waals surface area (Å²) in [7, 11) is 1.46. The van der Waals surface area contributed by atoms with E-state index in [9.17, 15) is 9.90 Å². The first-order valence-corrected chi connectivity index (χ1v) is 7.83. The van der Waals surface area contributed by atoms with Crippen LogP contribution in [0, 0.1) is 0 Å². The van der Waals surface area contributed by atoms with E-state index in [-0.39, 0.29) is 12.4 Å². The Morgan fingerprint density at radius 2 is 1.96 bits per heavy atom. The molecule has 0 aliphatic carbocycles. The zero-order chi connectivity index (χ0) is 18.4. The normalized spacial score (nSPS) is 10.8. The van der Waals surface area contributed by atoms with Crippen LogP contribution in [0.5, 0.6) is 17.2 Å². The lowest BCUT2D eigenvalue weighted by Gasteiger charge is -2.07. The Morgan fingerprint density at radius 3 is 2.81 bits per heavy atom. The molecule has 2 aromatic carbocycles. The standard InChI is InChI=1S/C19H17N3O4/c1-25-16-9-3-6-14(19(16)24)11-21-22-17(23)12-26-15-8-2-5-13-7-4-10-20-18(13)15/h2-11,24H,12H2,1H3,(H,22,23)/b21-11+. The maximum Gasteiger partial charge on any atom is 0.277 e. The number of carbonyl (C=O) groups excluding carboxylic acids is 1. The van der Waals surface area contributed by atoms with Crippen LogP contribution in [0.15, 0.2) is 59.8 Å². The maximum absolute atomic E-state index is 11.9. The van der Waals surface area contributed by atoms with Gasteiger partial charge in [-0.05, 0) is 24.3 Å². The van der Waals surface area contributed by atoms with Gasteiger partial charge in [0.2, 0.25) is 0 Å². The van der Waals surface area contributed by atoms with E-state index >= 15 is 0 Å². The van der Waals surface area contributed by atoms with Gasteiger partial charge in [0.25, 0.3) is 5.91 Å². The number of ether oxygens (including phenoxy) is 2. The molecule has 0 aliphatic heterocycles. The van der Waals surface area contributed by atoms with E-state index in [1.807, 2.05) is 24.3 Å². The van der Waals surface area contributed by atoms with Crippen molar-refractivity contribution in [3.05, 3.63) is 60.3 Å². The number of amides is 1. The second-order valence-electron chi connectivity index (χ2n) is 5.31. The minimum Gasteiger partial charge on any atom is -0.504 e. The SMILES string of the molecule is COc1cccc(/C=N/NC(=O)COc2cccc3cccnc23)c1O. The molecule has 0 radical (unpaired) electrons. The van der Waals surface area contributed by atoms with Crippen LogP contribution >= 0.6 is 0 Å². The number of aromatic nitrogens is 1. The maximum atomic E-state index is 11.9. The first kappa shape index (κ1) is 17.2. The smallest absolute Gasteiger partial charge is 0.277 e. The first-order valence-electron chi connectivity index (χ1n) is 7.83. The fourth-order valence-corrected chi connectivity index (χ4v) is 2.35. The zero-order valence-corrected chi connectivity index (χ0v) is 14.0. The van der Waals surface area contributed by atoms with Crippen molar-refractivity contribution in [1.82, 2.24) is 10.4 Å². The molecule has 0 spiro atoms. The molecule has 7 nitrogen and oxygen atoms in total. The number of hydrogen-bond donors (Lipinski definition) is 2. The molecule has 0 saturated carbocycles. The molecule has 0 fully saturated rings. The summed E-state index contributed by atoms with van der Waals surface area (Å²) >= 11 is 0. The van der Waals surface area contributed by atoms with E-state index in [0.29, 0.717) is 22.6 Å². The van der Waals surface area contributed by atoms with Crippen molar-refractivity contribution in [3.8, 4) is 17.2 Å². The van der Waals surface area contributed by atoms with Crippen LogP contribution in [0.25, 0.3) is 10.9 Å². The number of aromatic hydroxyl groups is 1. The van der Waals surface area contributed by atoms with E-state index in [4.69, 9.17) is 9.47 Å². The van der Waals surface area contributed by atoms with Crippen molar-refractivity contribution in [2.75, 3.05) is 13.7 Å². The lowest BCUT2D eigenvalue weighted by atomic mass is 10.2. The Hall–Kier alpha value is -3.61. The topological polar surface area (TPSA) is 93.0 Å². The van der Waals surface area contributed by atoms with Gasteiger partial charge in [-0.2, -0.15) is 5.10 Å². The Balaban J connectivity index is 1.59. The number of carbonyl (C=O) groups is 1. The molecular weight excluding hydrogens is 334 g/mol. The minimum atomic E-state index is -0.434. The molecule has 3 aromatic rings. The molecule has 0 bridgehead atoms. The van der Waals surface area contributed by atoms with E-state index in [1.165, 1.54) is 13.3 Å². The number of nitrogens with zero attached hydrogens (tertiary/aromatic N) is 2. The molecule has 132 valence electrons. The molecule has 0 atom stereocenters. The highest BCUT2D eigenvalue weighted by Gasteiger charge is 2.07. The predicted octanol–water partition coefficient (Wildman–Crippen LogP) is 2.48. The van der Waals surface area contributed by atoms with Gasteiger partial charge in [0.15, 0.2) is 18.1 Å². The lowest BCUT2D eigenvalue weighted by Crippen LogP contribution is -2.24. The fraction of sp³-hybridized carbons (Fsp3) is 0.105. The van der Waals surface area contributed by atoms with E-state index in [1.54, 1.807) is 30.5 Å². The molecule has 7 heteroatoms. The average molecular weight is 351 g/mol. The van der Waals surface area contributed by atoms with Crippen LogP contribution in [0.3, 0.4) is 0 Å². The Morgan fingerprint density at radius 1 is 1.19 bits per heavy atom. The number of benzene rings is 2. The summed E-state index contributed by atoms with van der Waals surface area (Å²) in [6.45, 7) is -0.211. The van der Waals surface area contributed by atoms with Gasteiger partial charge in [-0.1, -0.05) is 24.3 Å². The second kappa shape index (κ2) is 7.98. The van der Waals surface area contributed by atoms with Gasteiger partial charge < -0.3 is 14.6 Å². The molecule has 1 amide bonds. The van der Waals surface area contributed by atoms with E-state index in [2.05, 4.69) is 15.5 Å². The summed E-state index contributed by atoms with van der Waals surface area (Å²) in [5.74, 6) is 0.363. The largest absolute Gasteiger partial charge is 0.504 e. The molecule has 3 rings (SSSR count). The molecule has 2 N–H and O–H groups in total. The first-order chi connectivity index (χ1) is 12.7. The number of phenolic OH excluding ortho intramolecular Hbond substituents is 1. The average Bonchev–Trinajstić information content (AvgIpc) is 2.67. The van der Waals surface area contributed by atoms with Gasteiger partial charge in [-0.25, -0.2) is 5.43 Å². The van der Waals surface area contributed by atoms with E-state index in [0.717, 1.165) is 5.39 Å². The summed E-state index contributed by atoms with van der Waals surface area (Å²) in [5.41, 5.74) is 3.46. The third-order valence-corrected chi connectivity index (χ3v) is 3.60. The number of pyridine rings is 1. The van der Waals surface area contributed by atoms with Crippen molar-refractivity contribution in [1.29, 1.82) is 0 Å². The summed E-state index contributed by atoms with van der Waals surface area (Å²) in [6.07, 6.45) is 3.00. The number of fused-ring (bicyclic) bond motifs is 1. The van der Waals surface area contributed by atoms with Gasteiger partial charge >= 0.3 is 0 Å². The van der Waals surface area contributed by atoms with Crippen LogP contribution in [0.1, 0.15) is 5.56 Å². The summed E-state index contributed by atoms with van der Waals surface area (Å²) in [6, 6.07) is 14.2. The monoisotopic (exact) mass is 351 g/mol. The summed E-state index contributed by atoms with van der Waals surface area (Å²) in [5, 5.41) is 14.7. The van der Waals surface area contributed by atoms with Gasteiger partial charge in [-0.15, -0.1) is 0 Å². The third kappa shape index (κ3) is 3.89. The Labute approximate surface area is 149 Å². The molecule has 1 aromatic heterocycles. The highest BCUT2D eigenvalue weighted by Crippen LogP contribution is 2.28. The highest BCUT2D eigenvalue weighted by molar-refractivity contribution is 5.87. The summed E-state index contributed by atoms with van der Waals surface area (Å²) < 4.78 is 10.5. The third-order valence-electron chi connectivity index (χ3n) is 3.60. The van der Waals surface area contributed by atoms with Gasteiger partial charge in [-0.3, -0.25) is 9.78 Å². The van der Waals surface area contributed by atoms with Crippen LogP contribution in [-0.2, 0) is 4.79 Å². The lowest BCUT2D eigenvalue weighted by molar-refractivity contribution is -0.123. The van der Waals surface area contributed by atoms with Crippen LogP contribution in [-0.4, -0.2) is 35.9 Å². The Bertz CT molecular complexity index is 951. The second-order valence-corrected chi connectivity index (χ2v) is 5.31. The molecule has 26 heavy (non-hydrogen) atoms. The number of rotatable bonds is 6. The zero-order valence-electron chi connectivity index (χ0n) is 14.0. The predicted molar refractivity (Wildman–Crippen MR) is 97.6 cm³/mol. The summed E-state index contributed by atoms with van der Waals surface area (Å²) in [4.78, 5) is 16.2. The number of phenols is 1. The van der Waals surface area contributed by atoms with Crippen molar-refractivity contribution >= 4 is 23.0 Å². The van der Waals surface area contributed by atoms with Crippen molar-refractivity contribution in [2.45, 2.75) is 0 Å². The van der Waals surface area contributed by atoms with Gasteiger partial charge in [0, 0.05) is 17.1 Å². The molecule has 0 unspecified atom stereocenters. The number of hydrazone groups is 1. The van der Waals surface area contributed by atoms with Crippen molar-refractivity contribution in [2.24, 2.45) is 5.10 Å². The molecule has 0 saturated heterocycles. The highest BCUT2D eigenvalue weighted by atomic mass is 16.5. The Kier molecular flexibility index (Phi) is 5.28. The number of para-hydroxylation sites is 2. The van der Waals surface area contributed by atoms with Crippen LogP contribution in [0.4, 0.5) is 0 Å². The fourth-order valence-electron chi connectivity index (χ4n) is 2.35. The number of nitrogens with one attached hydrogen (secondary N) is 1.